The maximum Gasteiger partial charge on any atom is 0.149 e. The van der Waals surface area contributed by atoms with Crippen LogP contribution in [0, 0.1) is 11.6 Å². The molecule has 0 radical (unpaired) electrons. The Labute approximate surface area is 105 Å². The molecule has 94 valence electrons. The third kappa shape index (κ3) is 2.38. The highest BCUT2D eigenvalue weighted by atomic mass is 19.1. The zero-order valence-electron chi connectivity index (χ0n) is 10.2. The molecule has 0 aliphatic rings. The van der Waals surface area contributed by atoms with Crippen molar-refractivity contribution in [3.8, 4) is 11.1 Å². The van der Waals surface area contributed by atoms with E-state index in [1.54, 1.807) is 12.1 Å². The van der Waals surface area contributed by atoms with Crippen LogP contribution in [0.25, 0.3) is 11.1 Å². The summed E-state index contributed by atoms with van der Waals surface area (Å²) < 4.78 is 27.4. The largest absolute Gasteiger partial charge is 0.313 e. The molecule has 0 aliphatic carbocycles. The predicted octanol–water partition coefficient (Wildman–Crippen LogP) is 3.31. The van der Waals surface area contributed by atoms with Gasteiger partial charge >= 0.3 is 0 Å². The second-order valence-electron chi connectivity index (χ2n) is 4.11. The van der Waals surface area contributed by atoms with Crippen LogP contribution >= 0.6 is 0 Å². The standard InChI is InChI=1S/C14H14F2N2/c1-9(17-2)10-3-4-13(15)12(7-10)11-5-6-18-8-14(11)16/h3-9,17H,1-2H3. The Hall–Kier alpha value is -1.81. The number of halogens is 2. The average molecular weight is 248 g/mol. The lowest BCUT2D eigenvalue weighted by Gasteiger charge is -2.13. The minimum Gasteiger partial charge on any atom is -0.313 e. The van der Waals surface area contributed by atoms with Crippen LogP contribution in [0.4, 0.5) is 8.78 Å². The second-order valence-corrected chi connectivity index (χ2v) is 4.11. The van der Waals surface area contributed by atoms with Crippen molar-refractivity contribution in [2.75, 3.05) is 7.05 Å². The van der Waals surface area contributed by atoms with Crippen molar-refractivity contribution in [2.45, 2.75) is 13.0 Å². The van der Waals surface area contributed by atoms with Gasteiger partial charge in [0.2, 0.25) is 0 Å². The molecule has 0 aliphatic heterocycles. The summed E-state index contributed by atoms with van der Waals surface area (Å²) in [4.78, 5) is 3.66. The fourth-order valence-corrected chi connectivity index (χ4v) is 1.78. The Morgan fingerprint density at radius 2 is 1.89 bits per heavy atom. The van der Waals surface area contributed by atoms with E-state index in [1.165, 1.54) is 18.3 Å². The summed E-state index contributed by atoms with van der Waals surface area (Å²) in [6.07, 6.45) is 2.54. The summed E-state index contributed by atoms with van der Waals surface area (Å²) in [5.74, 6) is -0.960. The summed E-state index contributed by atoms with van der Waals surface area (Å²) in [7, 11) is 1.82. The zero-order chi connectivity index (χ0) is 13.1. The van der Waals surface area contributed by atoms with Gasteiger partial charge in [0.15, 0.2) is 0 Å². The second kappa shape index (κ2) is 5.23. The van der Waals surface area contributed by atoms with Gasteiger partial charge in [-0.05, 0) is 37.7 Å². The van der Waals surface area contributed by atoms with Gasteiger partial charge in [0, 0.05) is 23.4 Å². The Balaban J connectivity index is 2.54. The first kappa shape index (κ1) is 12.6. The highest BCUT2D eigenvalue weighted by Crippen LogP contribution is 2.27. The summed E-state index contributed by atoms with van der Waals surface area (Å²) in [6, 6.07) is 6.27. The summed E-state index contributed by atoms with van der Waals surface area (Å²) in [6.45, 7) is 1.96. The van der Waals surface area contributed by atoms with Crippen LogP contribution in [-0.4, -0.2) is 12.0 Å². The van der Waals surface area contributed by atoms with Crippen LogP contribution in [0.5, 0.6) is 0 Å². The average Bonchev–Trinajstić information content (AvgIpc) is 2.39. The van der Waals surface area contributed by atoms with Crippen molar-refractivity contribution < 1.29 is 8.78 Å². The molecule has 2 nitrogen and oxygen atoms in total. The van der Waals surface area contributed by atoms with E-state index in [1.807, 2.05) is 14.0 Å². The Kier molecular flexibility index (Phi) is 3.67. The fourth-order valence-electron chi connectivity index (χ4n) is 1.78. The van der Waals surface area contributed by atoms with E-state index in [0.717, 1.165) is 11.8 Å². The molecule has 1 heterocycles. The van der Waals surface area contributed by atoms with Gasteiger partial charge in [-0.1, -0.05) is 6.07 Å². The van der Waals surface area contributed by atoms with Crippen molar-refractivity contribution >= 4 is 0 Å². The van der Waals surface area contributed by atoms with Crippen LogP contribution in [0.15, 0.2) is 36.7 Å². The maximum atomic E-state index is 13.8. The molecule has 0 fully saturated rings. The topological polar surface area (TPSA) is 24.9 Å². The van der Waals surface area contributed by atoms with E-state index < -0.39 is 11.6 Å². The highest BCUT2D eigenvalue weighted by molar-refractivity contribution is 5.65. The fraction of sp³-hybridized carbons (Fsp3) is 0.214. The van der Waals surface area contributed by atoms with E-state index in [4.69, 9.17) is 0 Å². The van der Waals surface area contributed by atoms with E-state index in [-0.39, 0.29) is 17.2 Å². The van der Waals surface area contributed by atoms with Gasteiger partial charge in [0.05, 0.1) is 6.20 Å². The van der Waals surface area contributed by atoms with Crippen LogP contribution in [0.1, 0.15) is 18.5 Å². The Morgan fingerprint density at radius 3 is 2.56 bits per heavy atom. The van der Waals surface area contributed by atoms with Crippen molar-refractivity contribution in [2.24, 2.45) is 0 Å². The molecule has 0 amide bonds. The summed E-state index contributed by atoms with van der Waals surface area (Å²) in [5, 5.41) is 3.07. The number of rotatable bonds is 3. The molecular formula is C14H14F2N2. The van der Waals surface area contributed by atoms with Crippen molar-refractivity contribution in [1.82, 2.24) is 10.3 Å². The lowest BCUT2D eigenvalue weighted by molar-refractivity contribution is 0.608. The van der Waals surface area contributed by atoms with Crippen LogP contribution < -0.4 is 5.32 Å². The normalized spacial score (nSPS) is 12.4. The van der Waals surface area contributed by atoms with E-state index in [0.29, 0.717) is 0 Å². The molecule has 0 saturated heterocycles. The lowest BCUT2D eigenvalue weighted by Crippen LogP contribution is -2.12. The maximum absolute atomic E-state index is 13.8. The van der Waals surface area contributed by atoms with E-state index >= 15 is 0 Å². The first-order chi connectivity index (χ1) is 8.63. The molecule has 4 heteroatoms. The molecular weight excluding hydrogens is 234 g/mol. The quantitative estimate of drug-likeness (QED) is 0.901. The van der Waals surface area contributed by atoms with Crippen LogP contribution in [-0.2, 0) is 0 Å². The van der Waals surface area contributed by atoms with Crippen LogP contribution in [0.2, 0.25) is 0 Å². The molecule has 2 aromatic rings. The number of pyridine rings is 1. The smallest absolute Gasteiger partial charge is 0.149 e. The monoisotopic (exact) mass is 248 g/mol. The summed E-state index contributed by atoms with van der Waals surface area (Å²) >= 11 is 0. The SMILES string of the molecule is CNC(C)c1ccc(F)c(-c2ccncc2F)c1. The third-order valence-corrected chi connectivity index (χ3v) is 2.99. The number of nitrogens with zero attached hydrogens (tertiary/aromatic N) is 1. The first-order valence-electron chi connectivity index (χ1n) is 5.70. The molecule has 1 atom stereocenters. The van der Waals surface area contributed by atoms with E-state index in [9.17, 15) is 8.78 Å². The van der Waals surface area contributed by atoms with Crippen molar-refractivity contribution in [1.29, 1.82) is 0 Å². The molecule has 18 heavy (non-hydrogen) atoms. The van der Waals surface area contributed by atoms with Crippen LogP contribution in [0.3, 0.4) is 0 Å². The molecule has 0 spiro atoms. The van der Waals surface area contributed by atoms with Crippen molar-refractivity contribution in [3.05, 3.63) is 53.9 Å². The lowest BCUT2D eigenvalue weighted by atomic mass is 10.00. The Bertz CT molecular complexity index is 555. The zero-order valence-corrected chi connectivity index (χ0v) is 10.2. The molecule has 1 aromatic heterocycles. The van der Waals surface area contributed by atoms with Crippen molar-refractivity contribution in [3.63, 3.8) is 0 Å². The van der Waals surface area contributed by atoms with Gasteiger partial charge in [-0.2, -0.15) is 0 Å². The van der Waals surface area contributed by atoms with Gasteiger partial charge in [-0.25, -0.2) is 8.78 Å². The molecule has 2 rings (SSSR count). The van der Waals surface area contributed by atoms with E-state index in [2.05, 4.69) is 10.3 Å². The number of benzene rings is 1. The Morgan fingerprint density at radius 1 is 1.11 bits per heavy atom. The highest BCUT2D eigenvalue weighted by Gasteiger charge is 2.12. The molecule has 1 N–H and O–H groups in total. The number of nitrogens with one attached hydrogen (secondary N) is 1. The number of hydrogen-bond donors (Lipinski definition) is 1. The van der Waals surface area contributed by atoms with Gasteiger partial charge in [-0.15, -0.1) is 0 Å². The number of hydrogen-bond acceptors (Lipinski definition) is 2. The van der Waals surface area contributed by atoms with Gasteiger partial charge in [-0.3, -0.25) is 4.98 Å². The minimum absolute atomic E-state index is 0.0780. The molecule has 0 bridgehead atoms. The molecule has 1 unspecified atom stereocenters. The number of aromatic nitrogens is 1. The van der Waals surface area contributed by atoms with Gasteiger partial charge in [0.25, 0.3) is 0 Å². The predicted molar refractivity (Wildman–Crippen MR) is 67.1 cm³/mol. The molecule has 1 aromatic carbocycles. The third-order valence-electron chi connectivity index (χ3n) is 2.99. The minimum atomic E-state index is -0.523. The van der Waals surface area contributed by atoms with Gasteiger partial charge in [0.1, 0.15) is 11.6 Å². The summed E-state index contributed by atoms with van der Waals surface area (Å²) in [5.41, 5.74) is 1.40. The first-order valence-corrected chi connectivity index (χ1v) is 5.70. The molecule has 0 saturated carbocycles. The van der Waals surface area contributed by atoms with Gasteiger partial charge < -0.3 is 5.32 Å².